The lowest BCUT2D eigenvalue weighted by Crippen LogP contribution is -2.10. The van der Waals surface area contributed by atoms with Gasteiger partial charge < -0.3 is 5.73 Å². The van der Waals surface area contributed by atoms with Gasteiger partial charge in [-0.15, -0.1) is 0 Å². The average molecular weight is 529 g/mol. The second-order valence-electron chi connectivity index (χ2n) is 9.83. The van der Waals surface area contributed by atoms with Gasteiger partial charge in [0.1, 0.15) is 0 Å². The van der Waals surface area contributed by atoms with Crippen molar-refractivity contribution in [3.05, 3.63) is 151 Å². The molecule has 0 radical (unpaired) electrons. The fraction of sp³-hybridized carbons (Fsp3) is 0. The number of nitrogens with two attached hydrogens (primary N) is 1. The molecule has 4 N–H and O–H groups in total. The number of hydrogen-bond donors (Lipinski definition) is 3. The van der Waals surface area contributed by atoms with Crippen LogP contribution in [-0.2, 0) is 0 Å². The molecule has 1 heterocycles. The van der Waals surface area contributed by atoms with Gasteiger partial charge in [-0.05, 0) is 85.3 Å². The van der Waals surface area contributed by atoms with E-state index in [0.29, 0.717) is 0 Å². The Hall–Kier alpha value is -5.61. The van der Waals surface area contributed by atoms with E-state index in [1.807, 2.05) is 54.7 Å². The first-order valence-corrected chi connectivity index (χ1v) is 13.4. The first-order chi connectivity index (χ1) is 20.1. The first-order valence-electron chi connectivity index (χ1n) is 13.4. The Bertz CT molecular complexity index is 1900. The quantitative estimate of drug-likeness (QED) is 0.122. The molecule has 0 unspecified atom stereocenters. The molecule has 1 aliphatic rings. The highest BCUT2D eigenvalue weighted by Crippen LogP contribution is 2.42. The number of benzene rings is 5. The van der Waals surface area contributed by atoms with Gasteiger partial charge in [0.25, 0.3) is 0 Å². The van der Waals surface area contributed by atoms with Gasteiger partial charge in [0.2, 0.25) is 0 Å². The maximum atomic E-state index is 8.12. The highest BCUT2D eigenvalue weighted by molar-refractivity contribution is 6.50. The van der Waals surface area contributed by atoms with Gasteiger partial charge in [0, 0.05) is 18.1 Å². The van der Waals surface area contributed by atoms with Crippen LogP contribution in [0.25, 0.3) is 49.4 Å². The van der Waals surface area contributed by atoms with Crippen molar-refractivity contribution in [1.29, 1.82) is 10.8 Å². The Morgan fingerprint density at radius 1 is 0.488 bits per heavy atom. The van der Waals surface area contributed by atoms with Crippen molar-refractivity contribution >= 4 is 44.2 Å². The summed E-state index contributed by atoms with van der Waals surface area (Å²) in [5.41, 5.74) is 13.7. The summed E-state index contributed by atoms with van der Waals surface area (Å²) < 4.78 is 0. The van der Waals surface area contributed by atoms with Crippen LogP contribution in [0.15, 0.2) is 146 Å². The molecule has 0 aliphatic heterocycles. The van der Waals surface area contributed by atoms with Gasteiger partial charge in [-0.1, -0.05) is 103 Å². The number of hydrogen-bond acceptors (Lipinski definition) is 4. The number of pyridine rings is 1. The lowest BCUT2D eigenvalue weighted by molar-refractivity contribution is 1.33. The van der Waals surface area contributed by atoms with Crippen LogP contribution in [0.5, 0.6) is 0 Å². The van der Waals surface area contributed by atoms with Crippen LogP contribution in [-0.4, -0.2) is 16.4 Å². The predicted molar refractivity (Wildman–Crippen MR) is 174 cm³/mol. The molecule has 5 aromatic carbocycles. The predicted octanol–water partition coefficient (Wildman–Crippen LogP) is 8.98. The standard InChI is InChI=1S/C26H18N2.C11H10N2/c27-23-15-14-18(16-24(23)28)26-21-12-6-4-10-19(21)25(17-8-2-1-3-9-17)20-11-5-7-13-22(20)26;12-11-5-3-9(4-6-11)10-2-1-7-13-8-10/h1-16,27-28H;1-8H,12H2. The molecule has 1 aliphatic carbocycles. The fourth-order valence-electron chi connectivity index (χ4n) is 5.26. The van der Waals surface area contributed by atoms with Crippen LogP contribution in [0.2, 0.25) is 0 Å². The van der Waals surface area contributed by atoms with Crippen molar-refractivity contribution < 1.29 is 0 Å². The Kier molecular flexibility index (Phi) is 7.04. The molecule has 1 aromatic heterocycles. The maximum Gasteiger partial charge on any atom is 0.0795 e. The molecule has 41 heavy (non-hydrogen) atoms. The number of anilines is 1. The van der Waals surface area contributed by atoms with Gasteiger partial charge in [-0.3, -0.25) is 15.8 Å². The van der Waals surface area contributed by atoms with E-state index >= 15 is 0 Å². The van der Waals surface area contributed by atoms with Gasteiger partial charge >= 0.3 is 0 Å². The molecule has 4 nitrogen and oxygen atoms in total. The van der Waals surface area contributed by atoms with Crippen molar-refractivity contribution in [2.24, 2.45) is 0 Å². The zero-order valence-corrected chi connectivity index (χ0v) is 22.4. The largest absolute Gasteiger partial charge is 0.399 e. The molecule has 0 fully saturated rings. The third kappa shape index (κ3) is 5.19. The van der Waals surface area contributed by atoms with Crippen molar-refractivity contribution in [2.75, 3.05) is 5.73 Å². The zero-order valence-electron chi connectivity index (χ0n) is 22.4. The number of fused-ring (bicyclic) bond motifs is 2. The number of nitrogens with zero attached hydrogens (tertiary/aromatic N) is 1. The maximum absolute atomic E-state index is 8.12. The van der Waals surface area contributed by atoms with Crippen LogP contribution in [0.1, 0.15) is 5.56 Å². The summed E-state index contributed by atoms with van der Waals surface area (Å²) in [5.74, 6) is 0. The van der Waals surface area contributed by atoms with E-state index in [2.05, 4.69) is 77.8 Å². The molecule has 0 amide bonds. The number of allylic oxidation sites excluding steroid dienone is 4. The summed E-state index contributed by atoms with van der Waals surface area (Å²) in [5, 5.41) is 20.7. The lowest BCUT2D eigenvalue weighted by atomic mass is 9.84. The van der Waals surface area contributed by atoms with E-state index in [9.17, 15) is 0 Å². The molecular weight excluding hydrogens is 500 g/mol. The zero-order chi connectivity index (χ0) is 28.2. The molecule has 196 valence electrons. The van der Waals surface area contributed by atoms with E-state index in [1.165, 1.54) is 21.9 Å². The fourth-order valence-corrected chi connectivity index (χ4v) is 5.26. The average Bonchev–Trinajstić information content (AvgIpc) is 3.03. The second-order valence-corrected chi connectivity index (χ2v) is 9.83. The van der Waals surface area contributed by atoms with Crippen LogP contribution >= 0.6 is 0 Å². The van der Waals surface area contributed by atoms with Crippen molar-refractivity contribution in [3.8, 4) is 22.3 Å². The van der Waals surface area contributed by atoms with Crippen molar-refractivity contribution in [3.63, 3.8) is 0 Å². The molecule has 7 rings (SSSR count). The third-order valence-corrected chi connectivity index (χ3v) is 7.21. The molecule has 0 saturated heterocycles. The first kappa shape index (κ1) is 25.7. The third-order valence-electron chi connectivity index (χ3n) is 7.21. The Morgan fingerprint density at radius 2 is 1.05 bits per heavy atom. The van der Waals surface area contributed by atoms with E-state index in [4.69, 9.17) is 16.6 Å². The van der Waals surface area contributed by atoms with Crippen LogP contribution < -0.4 is 5.73 Å². The minimum Gasteiger partial charge on any atom is -0.399 e. The van der Waals surface area contributed by atoms with Crippen LogP contribution in [0, 0.1) is 10.8 Å². The summed E-state index contributed by atoms with van der Waals surface area (Å²) in [6.07, 6.45) is 9.08. The van der Waals surface area contributed by atoms with E-state index in [0.717, 1.165) is 38.7 Å². The van der Waals surface area contributed by atoms with Gasteiger partial charge in [0.15, 0.2) is 0 Å². The smallest absolute Gasteiger partial charge is 0.0795 e. The number of rotatable bonds is 3. The van der Waals surface area contributed by atoms with Gasteiger partial charge in [0.05, 0.1) is 11.4 Å². The number of nitrogen functional groups attached to an aromatic ring is 1. The molecular formula is C37H28N4. The van der Waals surface area contributed by atoms with E-state index in [-0.39, 0.29) is 11.4 Å². The summed E-state index contributed by atoms with van der Waals surface area (Å²) >= 11 is 0. The van der Waals surface area contributed by atoms with E-state index < -0.39 is 0 Å². The monoisotopic (exact) mass is 528 g/mol. The molecule has 0 bridgehead atoms. The molecule has 0 spiro atoms. The number of nitrogens with one attached hydrogen (secondary N) is 2. The molecule has 4 heteroatoms. The SMILES string of the molecule is N=C1C=CC(c2c3ccccc3c(-c3ccccc3)c3ccccc23)=CC1=N.Nc1ccc(-c2cccnc2)cc1. The Labute approximate surface area is 239 Å². The van der Waals surface area contributed by atoms with Gasteiger partial charge in [-0.2, -0.15) is 0 Å². The summed E-state index contributed by atoms with van der Waals surface area (Å²) in [4.78, 5) is 4.05. The summed E-state index contributed by atoms with van der Waals surface area (Å²) in [6, 6.07) is 39.2. The van der Waals surface area contributed by atoms with Crippen molar-refractivity contribution in [2.45, 2.75) is 0 Å². The van der Waals surface area contributed by atoms with Crippen LogP contribution in [0.3, 0.4) is 0 Å². The number of aromatic nitrogens is 1. The summed E-state index contributed by atoms with van der Waals surface area (Å²) in [7, 11) is 0. The second kappa shape index (κ2) is 11.2. The van der Waals surface area contributed by atoms with Gasteiger partial charge in [-0.25, -0.2) is 0 Å². The molecule has 0 saturated carbocycles. The Balaban J connectivity index is 0.000000195. The minimum absolute atomic E-state index is 0.248. The lowest BCUT2D eigenvalue weighted by Gasteiger charge is -2.19. The van der Waals surface area contributed by atoms with E-state index in [1.54, 1.807) is 18.3 Å². The van der Waals surface area contributed by atoms with Crippen molar-refractivity contribution in [1.82, 2.24) is 4.98 Å². The highest BCUT2D eigenvalue weighted by Gasteiger charge is 2.18. The Morgan fingerprint density at radius 3 is 1.61 bits per heavy atom. The molecule has 0 atom stereocenters. The topological polar surface area (TPSA) is 86.6 Å². The van der Waals surface area contributed by atoms with Crippen LogP contribution in [0.4, 0.5) is 5.69 Å². The highest BCUT2D eigenvalue weighted by atomic mass is 14.6. The summed E-state index contributed by atoms with van der Waals surface area (Å²) in [6.45, 7) is 0. The normalized spacial score (nSPS) is 12.6. The minimum atomic E-state index is 0.248. The molecule has 6 aromatic rings.